The average molecular weight is 432 g/mol. The Bertz CT molecular complexity index is 955. The number of nitrogens with zero attached hydrogens (tertiary/aromatic N) is 1. The zero-order chi connectivity index (χ0) is 21.4. The number of amides is 1. The van der Waals surface area contributed by atoms with Crippen molar-refractivity contribution in [2.24, 2.45) is 0 Å². The number of sulfonamides is 1. The van der Waals surface area contributed by atoms with Crippen LogP contribution in [0.15, 0.2) is 59.5 Å². The Morgan fingerprint density at radius 3 is 2.30 bits per heavy atom. The fourth-order valence-corrected chi connectivity index (χ4v) is 4.49. The third-order valence-corrected chi connectivity index (χ3v) is 6.44. The van der Waals surface area contributed by atoms with E-state index in [0.717, 1.165) is 12.8 Å². The monoisotopic (exact) mass is 432 g/mol. The molecule has 1 amide bonds. The minimum Gasteiger partial charge on any atom is -0.493 e. The lowest BCUT2D eigenvalue weighted by atomic mass is 10.3. The highest BCUT2D eigenvalue weighted by Crippen LogP contribution is 2.22. The van der Waals surface area contributed by atoms with Crippen molar-refractivity contribution < 1.29 is 27.5 Å². The van der Waals surface area contributed by atoms with E-state index in [-0.39, 0.29) is 17.9 Å². The topological polar surface area (TPSA) is 102 Å². The van der Waals surface area contributed by atoms with E-state index in [9.17, 15) is 18.0 Å². The lowest BCUT2D eigenvalue weighted by Crippen LogP contribution is -2.27. The summed E-state index contributed by atoms with van der Waals surface area (Å²) in [6, 6.07) is 15.0. The van der Waals surface area contributed by atoms with Crippen molar-refractivity contribution >= 4 is 27.6 Å². The Balaban J connectivity index is 1.40. The van der Waals surface area contributed by atoms with E-state index in [4.69, 9.17) is 9.47 Å². The zero-order valence-corrected chi connectivity index (χ0v) is 17.3. The normalized spacial score (nSPS) is 14.3. The predicted molar refractivity (Wildman–Crippen MR) is 111 cm³/mol. The second-order valence-electron chi connectivity index (χ2n) is 6.76. The first-order chi connectivity index (χ1) is 14.4. The van der Waals surface area contributed by atoms with Gasteiger partial charge >= 0.3 is 5.97 Å². The number of rotatable bonds is 9. The number of para-hydroxylation sites is 1. The quantitative estimate of drug-likeness (QED) is 0.611. The molecule has 0 atom stereocenters. The van der Waals surface area contributed by atoms with Gasteiger partial charge in [-0.3, -0.25) is 9.59 Å². The van der Waals surface area contributed by atoms with E-state index in [1.807, 2.05) is 18.2 Å². The Morgan fingerprint density at radius 2 is 1.63 bits per heavy atom. The number of hydrogen-bond acceptors (Lipinski definition) is 6. The number of carbonyl (C=O) groups is 2. The molecule has 0 aliphatic carbocycles. The van der Waals surface area contributed by atoms with E-state index in [2.05, 4.69) is 5.32 Å². The van der Waals surface area contributed by atoms with E-state index < -0.39 is 28.5 Å². The van der Waals surface area contributed by atoms with Gasteiger partial charge in [-0.25, -0.2) is 8.42 Å². The molecular weight excluding hydrogens is 408 g/mol. The molecule has 0 bridgehead atoms. The summed E-state index contributed by atoms with van der Waals surface area (Å²) in [6.45, 7) is 0.778. The van der Waals surface area contributed by atoms with Crippen molar-refractivity contribution in [1.29, 1.82) is 0 Å². The van der Waals surface area contributed by atoms with Crippen LogP contribution in [0.1, 0.15) is 19.3 Å². The maximum atomic E-state index is 12.5. The SMILES string of the molecule is O=C(COC(=O)CCOc1ccccc1)Nc1ccc(S(=O)(=O)N2CCCC2)cc1. The lowest BCUT2D eigenvalue weighted by molar-refractivity contribution is -0.147. The fourth-order valence-electron chi connectivity index (χ4n) is 2.97. The number of nitrogens with one attached hydrogen (secondary N) is 1. The first-order valence-corrected chi connectivity index (χ1v) is 11.1. The van der Waals surface area contributed by atoms with Crippen LogP contribution in [0.5, 0.6) is 5.75 Å². The number of benzene rings is 2. The van der Waals surface area contributed by atoms with Gasteiger partial charge in [-0.1, -0.05) is 18.2 Å². The molecule has 1 aliphatic heterocycles. The fraction of sp³-hybridized carbons (Fsp3) is 0.333. The van der Waals surface area contributed by atoms with Crippen molar-refractivity contribution in [3.05, 3.63) is 54.6 Å². The van der Waals surface area contributed by atoms with Crippen LogP contribution in [-0.4, -0.2) is 50.9 Å². The standard InChI is InChI=1S/C21H24N2O6S/c24-20(16-29-21(25)12-15-28-18-6-2-1-3-7-18)22-17-8-10-19(11-9-17)30(26,27)23-13-4-5-14-23/h1-3,6-11H,4-5,12-16H2,(H,22,24). The summed E-state index contributed by atoms with van der Waals surface area (Å²) in [5.41, 5.74) is 0.420. The predicted octanol–water partition coefficient (Wildman–Crippen LogP) is 2.42. The molecule has 1 heterocycles. The second-order valence-corrected chi connectivity index (χ2v) is 8.69. The second kappa shape index (κ2) is 10.2. The minimum atomic E-state index is -3.49. The van der Waals surface area contributed by atoms with Crippen LogP contribution in [-0.2, 0) is 24.3 Å². The van der Waals surface area contributed by atoms with Gasteiger partial charge in [0.1, 0.15) is 5.75 Å². The summed E-state index contributed by atoms with van der Waals surface area (Å²) in [6.07, 6.45) is 1.75. The third-order valence-electron chi connectivity index (χ3n) is 4.52. The molecule has 160 valence electrons. The van der Waals surface area contributed by atoms with E-state index in [1.165, 1.54) is 28.6 Å². The molecule has 2 aromatic carbocycles. The van der Waals surface area contributed by atoms with Crippen LogP contribution >= 0.6 is 0 Å². The average Bonchev–Trinajstić information content (AvgIpc) is 3.29. The highest BCUT2D eigenvalue weighted by atomic mass is 32.2. The molecule has 1 fully saturated rings. The number of ether oxygens (including phenoxy) is 2. The molecule has 0 aromatic heterocycles. The molecule has 3 rings (SSSR count). The van der Waals surface area contributed by atoms with Crippen molar-refractivity contribution in [2.75, 3.05) is 31.6 Å². The van der Waals surface area contributed by atoms with Crippen LogP contribution in [0.2, 0.25) is 0 Å². The van der Waals surface area contributed by atoms with Crippen LogP contribution in [0, 0.1) is 0 Å². The first kappa shape index (κ1) is 21.8. The van der Waals surface area contributed by atoms with Gasteiger partial charge in [0.05, 0.1) is 17.9 Å². The molecule has 9 heteroatoms. The van der Waals surface area contributed by atoms with Gasteiger partial charge in [-0.2, -0.15) is 4.31 Å². The Morgan fingerprint density at radius 1 is 0.967 bits per heavy atom. The molecule has 1 N–H and O–H groups in total. The van der Waals surface area contributed by atoms with Gasteiger partial charge in [0.15, 0.2) is 6.61 Å². The van der Waals surface area contributed by atoms with Crippen molar-refractivity contribution in [3.8, 4) is 5.75 Å². The van der Waals surface area contributed by atoms with E-state index in [0.29, 0.717) is 24.5 Å². The van der Waals surface area contributed by atoms with Gasteiger partial charge in [-0.15, -0.1) is 0 Å². The summed E-state index contributed by atoms with van der Waals surface area (Å²) in [4.78, 5) is 23.9. The zero-order valence-electron chi connectivity index (χ0n) is 16.5. The molecule has 2 aromatic rings. The Kier molecular flexibility index (Phi) is 7.42. The number of anilines is 1. The largest absolute Gasteiger partial charge is 0.493 e. The summed E-state index contributed by atoms with van der Waals surface area (Å²) >= 11 is 0. The summed E-state index contributed by atoms with van der Waals surface area (Å²) in [5, 5.41) is 2.57. The summed E-state index contributed by atoms with van der Waals surface area (Å²) in [5.74, 6) is -0.408. The van der Waals surface area contributed by atoms with Gasteiger partial charge in [0, 0.05) is 18.8 Å². The highest BCUT2D eigenvalue weighted by molar-refractivity contribution is 7.89. The molecular formula is C21H24N2O6S. The number of esters is 1. The van der Waals surface area contributed by atoms with Gasteiger partial charge in [0.25, 0.3) is 5.91 Å². The molecule has 0 spiro atoms. The summed E-state index contributed by atoms with van der Waals surface area (Å²) in [7, 11) is -3.49. The third kappa shape index (κ3) is 6.04. The Hall–Kier alpha value is -2.91. The maximum absolute atomic E-state index is 12.5. The maximum Gasteiger partial charge on any atom is 0.309 e. The smallest absolute Gasteiger partial charge is 0.309 e. The van der Waals surface area contributed by atoms with E-state index >= 15 is 0 Å². The molecule has 1 aliphatic rings. The van der Waals surface area contributed by atoms with Crippen LogP contribution in [0.4, 0.5) is 5.69 Å². The molecule has 0 unspecified atom stereocenters. The van der Waals surface area contributed by atoms with E-state index in [1.54, 1.807) is 12.1 Å². The first-order valence-electron chi connectivity index (χ1n) is 9.69. The highest BCUT2D eigenvalue weighted by Gasteiger charge is 2.26. The van der Waals surface area contributed by atoms with Gasteiger partial charge in [0.2, 0.25) is 10.0 Å². The van der Waals surface area contributed by atoms with Gasteiger partial charge in [-0.05, 0) is 49.2 Å². The van der Waals surface area contributed by atoms with Crippen molar-refractivity contribution in [1.82, 2.24) is 4.31 Å². The minimum absolute atomic E-state index is 0.0191. The lowest BCUT2D eigenvalue weighted by Gasteiger charge is -2.15. The van der Waals surface area contributed by atoms with Crippen LogP contribution in [0.25, 0.3) is 0 Å². The van der Waals surface area contributed by atoms with Crippen molar-refractivity contribution in [2.45, 2.75) is 24.2 Å². The van der Waals surface area contributed by atoms with Gasteiger partial charge < -0.3 is 14.8 Å². The van der Waals surface area contributed by atoms with Crippen LogP contribution < -0.4 is 10.1 Å². The molecule has 0 saturated carbocycles. The van der Waals surface area contributed by atoms with Crippen molar-refractivity contribution in [3.63, 3.8) is 0 Å². The van der Waals surface area contributed by atoms with Crippen LogP contribution in [0.3, 0.4) is 0 Å². The molecule has 0 radical (unpaired) electrons. The molecule has 1 saturated heterocycles. The number of carbonyl (C=O) groups excluding carboxylic acids is 2. The summed E-state index contributed by atoms with van der Waals surface area (Å²) < 4.78 is 36.8. The molecule has 8 nitrogen and oxygen atoms in total. The molecule has 30 heavy (non-hydrogen) atoms. The number of hydrogen-bond donors (Lipinski definition) is 1. The Labute approximate surface area is 175 Å².